The maximum Gasteiger partial charge on any atom is 0.240 e. The molecule has 2 unspecified atom stereocenters. The molecule has 2 fully saturated rings. The number of carbonyl (C=O) groups is 1. The molecule has 1 N–H and O–H groups in total. The predicted octanol–water partition coefficient (Wildman–Crippen LogP) is 2.28. The van der Waals surface area contributed by atoms with Gasteiger partial charge in [0.1, 0.15) is 0 Å². The molecule has 1 amide bonds. The molecule has 130 valence electrons. The van der Waals surface area contributed by atoms with Crippen molar-refractivity contribution >= 4 is 5.91 Å². The molecule has 2 aliphatic rings. The highest BCUT2D eigenvalue weighted by molar-refractivity contribution is 5.84. The molecule has 4 nitrogen and oxygen atoms in total. The molecular formula is C21H24N2O2. The number of β-amino-alcohol motifs (C(OH)–C–C–N with tert-alkyl or cyclic N) is 1. The van der Waals surface area contributed by atoms with Gasteiger partial charge in [-0.1, -0.05) is 60.7 Å². The van der Waals surface area contributed by atoms with Gasteiger partial charge in [-0.3, -0.25) is 9.69 Å². The van der Waals surface area contributed by atoms with Gasteiger partial charge in [-0.2, -0.15) is 0 Å². The van der Waals surface area contributed by atoms with Gasteiger partial charge in [-0.25, -0.2) is 0 Å². The summed E-state index contributed by atoms with van der Waals surface area (Å²) in [6.07, 6.45) is 0.363. The quantitative estimate of drug-likeness (QED) is 0.932. The molecule has 0 aromatic heterocycles. The number of nitrogens with zero attached hydrogens (tertiary/aromatic N) is 2. The number of likely N-dealkylation sites (tertiary alicyclic amines) is 2. The molecule has 25 heavy (non-hydrogen) atoms. The van der Waals surface area contributed by atoms with Crippen LogP contribution in [0, 0.1) is 5.92 Å². The summed E-state index contributed by atoms with van der Waals surface area (Å²) in [6, 6.07) is 20.2. The molecule has 2 aromatic carbocycles. The highest BCUT2D eigenvalue weighted by Crippen LogP contribution is 2.33. The van der Waals surface area contributed by atoms with Crippen LogP contribution in [0.5, 0.6) is 0 Å². The van der Waals surface area contributed by atoms with Crippen LogP contribution in [0.25, 0.3) is 0 Å². The van der Waals surface area contributed by atoms with Crippen molar-refractivity contribution in [3.63, 3.8) is 0 Å². The van der Waals surface area contributed by atoms with Crippen molar-refractivity contribution in [1.82, 2.24) is 9.80 Å². The van der Waals surface area contributed by atoms with Gasteiger partial charge in [-0.15, -0.1) is 0 Å². The fourth-order valence-electron chi connectivity index (χ4n) is 4.25. The van der Waals surface area contributed by atoms with Gasteiger partial charge in [0.25, 0.3) is 0 Å². The van der Waals surface area contributed by atoms with E-state index in [1.54, 1.807) is 0 Å². The van der Waals surface area contributed by atoms with Crippen molar-refractivity contribution in [1.29, 1.82) is 0 Å². The molecule has 2 aliphatic heterocycles. The Hall–Kier alpha value is -2.17. The number of fused-ring (bicyclic) bond motifs is 1. The summed E-state index contributed by atoms with van der Waals surface area (Å²) >= 11 is 0. The van der Waals surface area contributed by atoms with Crippen LogP contribution < -0.4 is 0 Å². The van der Waals surface area contributed by atoms with Gasteiger partial charge in [0.05, 0.1) is 12.1 Å². The standard InChI is InChI=1S/C21H24N2O2/c24-19-11-18-14-23(13-17-9-5-2-6-10-17)21(25)20(18)22(15-19)12-16-7-3-1-4-8-16/h1-10,18-20,24H,11-15H2/t18?,19?,20-/m0/s1. The topological polar surface area (TPSA) is 43.8 Å². The number of benzene rings is 2. The van der Waals surface area contributed by atoms with Gasteiger partial charge >= 0.3 is 0 Å². The molecular weight excluding hydrogens is 312 g/mol. The van der Waals surface area contributed by atoms with Gasteiger partial charge in [0, 0.05) is 32.1 Å². The second kappa shape index (κ2) is 6.98. The Labute approximate surface area is 148 Å². The van der Waals surface area contributed by atoms with Gasteiger partial charge in [0.2, 0.25) is 5.91 Å². The number of rotatable bonds is 4. The summed E-state index contributed by atoms with van der Waals surface area (Å²) in [6.45, 7) is 2.67. The number of carbonyl (C=O) groups excluding carboxylic acids is 1. The highest BCUT2D eigenvalue weighted by atomic mass is 16.3. The average molecular weight is 336 g/mol. The average Bonchev–Trinajstić information content (AvgIpc) is 2.92. The Balaban J connectivity index is 1.52. The number of hydrogen-bond acceptors (Lipinski definition) is 3. The highest BCUT2D eigenvalue weighted by Gasteiger charge is 2.47. The van der Waals surface area contributed by atoms with Crippen LogP contribution >= 0.6 is 0 Å². The first-order valence-corrected chi connectivity index (χ1v) is 8.99. The Morgan fingerprint density at radius 1 is 0.880 bits per heavy atom. The fraction of sp³-hybridized carbons (Fsp3) is 0.381. The van der Waals surface area contributed by atoms with Crippen LogP contribution in [0.1, 0.15) is 17.5 Å². The molecule has 0 radical (unpaired) electrons. The molecule has 0 aliphatic carbocycles. The monoisotopic (exact) mass is 336 g/mol. The van der Waals surface area contributed by atoms with Crippen LogP contribution in [0.2, 0.25) is 0 Å². The number of hydrogen-bond donors (Lipinski definition) is 1. The van der Waals surface area contributed by atoms with E-state index >= 15 is 0 Å². The Kier molecular flexibility index (Phi) is 4.55. The van der Waals surface area contributed by atoms with Crippen molar-refractivity contribution < 1.29 is 9.90 Å². The number of piperidine rings is 1. The molecule has 2 aromatic rings. The largest absolute Gasteiger partial charge is 0.392 e. The summed E-state index contributed by atoms with van der Waals surface area (Å²) in [7, 11) is 0. The van der Waals surface area contributed by atoms with Gasteiger partial charge in [0.15, 0.2) is 0 Å². The zero-order valence-electron chi connectivity index (χ0n) is 14.3. The minimum Gasteiger partial charge on any atom is -0.392 e. The van der Waals surface area contributed by atoms with E-state index < -0.39 is 0 Å². The van der Waals surface area contributed by atoms with E-state index in [-0.39, 0.29) is 24.0 Å². The van der Waals surface area contributed by atoms with Crippen LogP contribution in [-0.2, 0) is 17.9 Å². The van der Waals surface area contributed by atoms with Gasteiger partial charge in [-0.05, 0) is 17.5 Å². The molecule has 0 spiro atoms. The number of aliphatic hydroxyl groups excluding tert-OH is 1. The number of aliphatic hydroxyl groups is 1. The first-order valence-electron chi connectivity index (χ1n) is 8.99. The third-order valence-corrected chi connectivity index (χ3v) is 5.32. The van der Waals surface area contributed by atoms with E-state index in [9.17, 15) is 9.90 Å². The van der Waals surface area contributed by atoms with E-state index in [0.717, 1.165) is 12.1 Å². The minimum atomic E-state index is -0.352. The Bertz CT molecular complexity index is 719. The molecule has 3 atom stereocenters. The summed E-state index contributed by atoms with van der Waals surface area (Å²) in [5.74, 6) is 0.417. The minimum absolute atomic E-state index is 0.104. The van der Waals surface area contributed by atoms with Crippen LogP contribution in [0.3, 0.4) is 0 Å². The lowest BCUT2D eigenvalue weighted by atomic mass is 9.89. The summed E-state index contributed by atoms with van der Waals surface area (Å²) in [4.78, 5) is 17.2. The summed E-state index contributed by atoms with van der Waals surface area (Å²) in [5.41, 5.74) is 2.34. The van der Waals surface area contributed by atoms with E-state index in [0.29, 0.717) is 26.1 Å². The second-order valence-corrected chi connectivity index (χ2v) is 7.21. The maximum atomic E-state index is 13.1. The Morgan fingerprint density at radius 3 is 2.12 bits per heavy atom. The van der Waals surface area contributed by atoms with Crippen LogP contribution in [0.15, 0.2) is 60.7 Å². The predicted molar refractivity (Wildman–Crippen MR) is 96.6 cm³/mol. The first kappa shape index (κ1) is 16.3. The van der Waals surface area contributed by atoms with Crippen molar-refractivity contribution in [3.8, 4) is 0 Å². The molecule has 2 saturated heterocycles. The summed E-state index contributed by atoms with van der Waals surface area (Å²) in [5, 5.41) is 10.3. The SMILES string of the molecule is O=C1[C@@H]2C(CC(O)CN2Cc2ccccc2)CN1Cc1ccccc1. The molecule has 4 rings (SSSR count). The zero-order valence-corrected chi connectivity index (χ0v) is 14.3. The number of amides is 1. The van der Waals surface area contributed by atoms with Gasteiger partial charge < -0.3 is 10.0 Å². The fourth-order valence-corrected chi connectivity index (χ4v) is 4.25. The van der Waals surface area contributed by atoms with E-state index in [2.05, 4.69) is 29.2 Å². The molecule has 0 bridgehead atoms. The lowest BCUT2D eigenvalue weighted by Gasteiger charge is -2.38. The van der Waals surface area contributed by atoms with Crippen molar-refractivity contribution in [2.24, 2.45) is 5.92 Å². The molecule has 4 heteroatoms. The molecule has 0 saturated carbocycles. The molecule has 2 heterocycles. The van der Waals surface area contributed by atoms with E-state index in [4.69, 9.17) is 0 Å². The third kappa shape index (κ3) is 3.46. The van der Waals surface area contributed by atoms with E-state index in [1.807, 2.05) is 41.3 Å². The Morgan fingerprint density at radius 2 is 1.48 bits per heavy atom. The lowest BCUT2D eigenvalue weighted by Crippen LogP contribution is -2.51. The summed E-state index contributed by atoms with van der Waals surface area (Å²) < 4.78 is 0. The van der Waals surface area contributed by atoms with Crippen molar-refractivity contribution in [2.45, 2.75) is 31.7 Å². The lowest BCUT2D eigenvalue weighted by molar-refractivity contribution is -0.134. The first-order chi connectivity index (χ1) is 12.2. The van der Waals surface area contributed by atoms with E-state index in [1.165, 1.54) is 5.56 Å². The zero-order chi connectivity index (χ0) is 17.2. The maximum absolute atomic E-state index is 13.1. The normalized spacial score (nSPS) is 26.7. The smallest absolute Gasteiger partial charge is 0.240 e. The van der Waals surface area contributed by atoms with Crippen LogP contribution in [0.4, 0.5) is 0 Å². The van der Waals surface area contributed by atoms with Crippen molar-refractivity contribution in [3.05, 3.63) is 71.8 Å². The van der Waals surface area contributed by atoms with Crippen molar-refractivity contribution in [2.75, 3.05) is 13.1 Å². The van der Waals surface area contributed by atoms with Crippen LogP contribution in [-0.4, -0.2) is 46.0 Å². The third-order valence-electron chi connectivity index (χ3n) is 5.32. The second-order valence-electron chi connectivity index (χ2n) is 7.21.